The van der Waals surface area contributed by atoms with Gasteiger partial charge in [-0.15, -0.1) is 0 Å². The Morgan fingerprint density at radius 1 is 1.09 bits per heavy atom. The molecular weight excluding hydrogens is 266 g/mol. The highest BCUT2D eigenvalue weighted by Gasteiger charge is 2.43. The first-order chi connectivity index (χ1) is 10.2. The molecule has 0 aromatic heterocycles. The summed E-state index contributed by atoms with van der Waals surface area (Å²) in [6.45, 7) is 13.9. The van der Waals surface area contributed by atoms with E-state index in [1.165, 1.54) is 24.0 Å². The van der Waals surface area contributed by atoms with E-state index in [1.807, 2.05) is 0 Å². The Balaban J connectivity index is 1.93. The zero-order chi connectivity index (χ0) is 16.1. The van der Waals surface area contributed by atoms with Crippen molar-refractivity contribution < 1.29 is 0 Å². The number of hydrogen-bond donors (Lipinski definition) is 1. The Morgan fingerprint density at radius 3 is 2.32 bits per heavy atom. The number of rotatable bonds is 1. The fraction of sp³-hybridized carbons (Fsp3) is 0.619. The van der Waals surface area contributed by atoms with Gasteiger partial charge in [0, 0.05) is 11.6 Å². The van der Waals surface area contributed by atoms with Crippen molar-refractivity contribution in [3.05, 3.63) is 47.0 Å². The molecule has 0 saturated carbocycles. The monoisotopic (exact) mass is 297 g/mol. The van der Waals surface area contributed by atoms with E-state index in [2.05, 4.69) is 77.2 Å². The third kappa shape index (κ3) is 2.76. The topological polar surface area (TPSA) is 12.0 Å². The molecule has 1 aromatic carbocycles. The van der Waals surface area contributed by atoms with Crippen molar-refractivity contribution in [2.45, 2.75) is 71.4 Å². The van der Waals surface area contributed by atoms with E-state index in [1.54, 1.807) is 5.57 Å². The third-order valence-corrected chi connectivity index (χ3v) is 5.93. The molecule has 1 aromatic rings. The normalized spacial score (nSPS) is 30.8. The van der Waals surface area contributed by atoms with Crippen molar-refractivity contribution in [3.63, 3.8) is 0 Å². The Labute approximate surface area is 136 Å². The van der Waals surface area contributed by atoms with Crippen molar-refractivity contribution in [1.82, 2.24) is 5.32 Å². The minimum Gasteiger partial charge on any atom is -0.304 e. The molecule has 2 bridgehead atoms. The van der Waals surface area contributed by atoms with Crippen LogP contribution >= 0.6 is 0 Å². The highest BCUT2D eigenvalue weighted by atomic mass is 15.0. The van der Waals surface area contributed by atoms with E-state index in [4.69, 9.17) is 0 Å². The summed E-state index contributed by atoms with van der Waals surface area (Å²) in [5.74, 6) is 1.43. The fourth-order valence-electron chi connectivity index (χ4n) is 4.18. The molecule has 120 valence electrons. The van der Waals surface area contributed by atoms with Crippen LogP contribution in [0.2, 0.25) is 0 Å². The van der Waals surface area contributed by atoms with Gasteiger partial charge in [-0.1, -0.05) is 56.7 Å². The average molecular weight is 297 g/mol. The number of piperidine rings is 1. The lowest BCUT2D eigenvalue weighted by Crippen LogP contribution is -2.55. The first-order valence-corrected chi connectivity index (χ1v) is 8.73. The Hall–Kier alpha value is -1.08. The molecule has 1 nitrogen and oxygen atoms in total. The minimum absolute atomic E-state index is 0.223. The molecule has 1 fully saturated rings. The number of hydrogen-bond acceptors (Lipinski definition) is 1. The first-order valence-electron chi connectivity index (χ1n) is 8.73. The summed E-state index contributed by atoms with van der Waals surface area (Å²) in [4.78, 5) is 0. The Bertz CT molecular complexity index is 571. The van der Waals surface area contributed by atoms with Gasteiger partial charge in [0.05, 0.1) is 0 Å². The van der Waals surface area contributed by atoms with Gasteiger partial charge in [0.25, 0.3) is 0 Å². The standard InChI is InChI=1S/C21H31N/c1-14-7-10-17-13-18(14)19(22-21(17,5)6)15-8-11-16(12-9-15)20(2,3)4/h7-9,11-12,17-19,22H,10,13H2,1-6H3/t17-,18-,19+/m1/s1. The summed E-state index contributed by atoms with van der Waals surface area (Å²) in [7, 11) is 0. The van der Waals surface area contributed by atoms with Crippen LogP contribution in [0.25, 0.3) is 0 Å². The van der Waals surface area contributed by atoms with Gasteiger partial charge in [0.15, 0.2) is 0 Å². The maximum absolute atomic E-state index is 3.96. The predicted molar refractivity (Wildman–Crippen MR) is 95.1 cm³/mol. The summed E-state index contributed by atoms with van der Waals surface area (Å²) in [5.41, 5.74) is 4.88. The number of benzene rings is 1. The second-order valence-electron chi connectivity index (χ2n) is 8.94. The smallest absolute Gasteiger partial charge is 0.0390 e. The molecule has 1 saturated heterocycles. The molecule has 0 amide bonds. The molecule has 22 heavy (non-hydrogen) atoms. The molecule has 1 aliphatic heterocycles. The highest BCUT2D eigenvalue weighted by molar-refractivity contribution is 5.32. The van der Waals surface area contributed by atoms with Crippen LogP contribution in [-0.4, -0.2) is 5.54 Å². The molecule has 3 rings (SSSR count). The van der Waals surface area contributed by atoms with Crippen LogP contribution in [0.3, 0.4) is 0 Å². The second kappa shape index (κ2) is 5.23. The SMILES string of the molecule is CC1=CC[C@@H]2C[C@H]1[C@H](c1ccc(C(C)(C)C)cc1)NC2(C)C. The molecule has 0 radical (unpaired) electrons. The molecule has 1 aliphatic carbocycles. The lowest BCUT2D eigenvalue weighted by atomic mass is 9.65. The van der Waals surface area contributed by atoms with Crippen molar-refractivity contribution in [2.75, 3.05) is 0 Å². The zero-order valence-corrected chi connectivity index (χ0v) is 15.0. The lowest BCUT2D eigenvalue weighted by Gasteiger charge is -2.50. The van der Waals surface area contributed by atoms with E-state index < -0.39 is 0 Å². The quantitative estimate of drug-likeness (QED) is 0.686. The first kappa shape index (κ1) is 15.8. The largest absolute Gasteiger partial charge is 0.304 e. The van der Waals surface area contributed by atoms with Gasteiger partial charge in [0.1, 0.15) is 0 Å². The summed E-state index contributed by atoms with van der Waals surface area (Å²) in [6, 6.07) is 9.78. The minimum atomic E-state index is 0.223. The summed E-state index contributed by atoms with van der Waals surface area (Å²) in [6.07, 6.45) is 5.05. The van der Waals surface area contributed by atoms with Gasteiger partial charge in [0.2, 0.25) is 0 Å². The fourth-order valence-corrected chi connectivity index (χ4v) is 4.18. The summed E-state index contributed by atoms with van der Waals surface area (Å²) < 4.78 is 0. The van der Waals surface area contributed by atoms with Crippen LogP contribution in [0.4, 0.5) is 0 Å². The molecular formula is C21H31N. The van der Waals surface area contributed by atoms with Crippen LogP contribution < -0.4 is 5.32 Å². The summed E-state index contributed by atoms with van der Waals surface area (Å²) in [5, 5.41) is 3.96. The van der Waals surface area contributed by atoms with Crippen molar-refractivity contribution >= 4 is 0 Å². The molecule has 2 aliphatic rings. The van der Waals surface area contributed by atoms with E-state index in [-0.39, 0.29) is 11.0 Å². The van der Waals surface area contributed by atoms with E-state index in [0.717, 1.165) is 5.92 Å². The number of fused-ring (bicyclic) bond motifs is 2. The maximum atomic E-state index is 3.96. The predicted octanol–water partition coefficient (Wildman–Crippen LogP) is 5.38. The van der Waals surface area contributed by atoms with E-state index >= 15 is 0 Å². The highest BCUT2D eigenvalue weighted by Crippen LogP contribution is 2.47. The van der Waals surface area contributed by atoms with E-state index in [0.29, 0.717) is 12.0 Å². The molecule has 0 unspecified atom stereocenters. The molecule has 1 heterocycles. The molecule has 3 atom stereocenters. The Kier molecular flexibility index (Phi) is 3.76. The van der Waals surface area contributed by atoms with Gasteiger partial charge in [-0.3, -0.25) is 0 Å². The Morgan fingerprint density at radius 2 is 1.73 bits per heavy atom. The number of nitrogens with one attached hydrogen (secondary N) is 1. The third-order valence-electron chi connectivity index (χ3n) is 5.93. The van der Waals surface area contributed by atoms with Gasteiger partial charge in [-0.2, -0.15) is 0 Å². The van der Waals surface area contributed by atoms with E-state index in [9.17, 15) is 0 Å². The van der Waals surface area contributed by atoms with Crippen LogP contribution in [0.1, 0.15) is 71.6 Å². The lowest BCUT2D eigenvalue weighted by molar-refractivity contribution is 0.109. The van der Waals surface area contributed by atoms with Crippen LogP contribution in [0.15, 0.2) is 35.9 Å². The van der Waals surface area contributed by atoms with Crippen LogP contribution in [0, 0.1) is 11.8 Å². The molecule has 1 heteroatoms. The van der Waals surface area contributed by atoms with Crippen LogP contribution in [0.5, 0.6) is 0 Å². The molecule has 1 N–H and O–H groups in total. The van der Waals surface area contributed by atoms with Crippen molar-refractivity contribution in [2.24, 2.45) is 11.8 Å². The molecule has 0 spiro atoms. The summed E-state index contributed by atoms with van der Waals surface area (Å²) >= 11 is 0. The number of allylic oxidation sites excluding steroid dienone is 1. The van der Waals surface area contributed by atoms with Crippen LogP contribution in [-0.2, 0) is 5.41 Å². The van der Waals surface area contributed by atoms with Crippen molar-refractivity contribution in [1.29, 1.82) is 0 Å². The van der Waals surface area contributed by atoms with Gasteiger partial charge in [-0.25, -0.2) is 0 Å². The second-order valence-corrected chi connectivity index (χ2v) is 8.94. The zero-order valence-electron chi connectivity index (χ0n) is 15.0. The van der Waals surface area contributed by atoms with Gasteiger partial charge >= 0.3 is 0 Å². The van der Waals surface area contributed by atoms with Crippen molar-refractivity contribution in [3.8, 4) is 0 Å². The van der Waals surface area contributed by atoms with Gasteiger partial charge in [-0.05, 0) is 62.0 Å². The average Bonchev–Trinajstić information content (AvgIpc) is 2.44. The van der Waals surface area contributed by atoms with Gasteiger partial charge < -0.3 is 5.32 Å². The maximum Gasteiger partial charge on any atom is 0.0390 e.